The summed E-state index contributed by atoms with van der Waals surface area (Å²) in [7, 11) is 0. The van der Waals surface area contributed by atoms with Crippen molar-refractivity contribution in [3.05, 3.63) is 0 Å². The normalized spacial score (nSPS) is 33.3. The molecule has 1 rings (SSSR count). The van der Waals surface area contributed by atoms with Gasteiger partial charge in [0.2, 0.25) is 0 Å². The number of rotatable bonds is 10. The van der Waals surface area contributed by atoms with Crippen LogP contribution in [0.5, 0.6) is 0 Å². The topological polar surface area (TPSA) is 99.4 Å². The first kappa shape index (κ1) is 18.8. The summed E-state index contributed by atoms with van der Waals surface area (Å²) in [6.45, 7) is 2.19. The molecule has 5 atom stereocenters. The summed E-state index contributed by atoms with van der Waals surface area (Å²) in [5, 5.41) is 38.1. The van der Waals surface area contributed by atoms with Gasteiger partial charge in [0, 0.05) is 6.61 Å². The van der Waals surface area contributed by atoms with E-state index in [2.05, 4.69) is 6.92 Å². The van der Waals surface area contributed by atoms with E-state index in [1.54, 1.807) is 0 Å². The van der Waals surface area contributed by atoms with Gasteiger partial charge in [-0.2, -0.15) is 0 Å². The molecule has 0 saturated carbocycles. The number of aliphatic hydroxyl groups excluding tert-OH is 4. The van der Waals surface area contributed by atoms with Crippen molar-refractivity contribution in [3.8, 4) is 0 Å². The molecule has 0 aliphatic carbocycles. The summed E-state index contributed by atoms with van der Waals surface area (Å²) in [6.07, 6.45) is 2.20. The fourth-order valence-electron chi connectivity index (χ4n) is 2.46. The smallest absolute Gasteiger partial charge is 0.186 e. The van der Waals surface area contributed by atoms with Gasteiger partial charge in [-0.15, -0.1) is 0 Å². The van der Waals surface area contributed by atoms with Crippen LogP contribution in [0.2, 0.25) is 0 Å². The molecule has 1 heterocycles. The number of hydrogen-bond donors (Lipinski definition) is 4. The molecule has 0 aromatic rings. The van der Waals surface area contributed by atoms with Crippen LogP contribution in [-0.2, 0) is 9.47 Å². The Morgan fingerprint density at radius 3 is 2.10 bits per heavy atom. The Morgan fingerprint density at radius 2 is 1.48 bits per heavy atom. The molecule has 0 amide bonds. The van der Waals surface area contributed by atoms with Crippen LogP contribution in [0.3, 0.4) is 0 Å². The first-order valence-corrected chi connectivity index (χ1v) is 8.04. The molecule has 126 valence electrons. The molecule has 1 fully saturated rings. The summed E-state index contributed by atoms with van der Waals surface area (Å²) >= 11 is 0. The fourth-order valence-corrected chi connectivity index (χ4v) is 2.46. The SMILES string of the molecule is CCCCCCCCCO[C@@H]1O[C@@H](CO)[C@@H](O)[C@@H](O)[C@H]1O. The zero-order valence-corrected chi connectivity index (χ0v) is 12.9. The van der Waals surface area contributed by atoms with Crippen LogP contribution < -0.4 is 0 Å². The number of unbranched alkanes of at least 4 members (excludes halogenated alkanes) is 6. The molecule has 6 nitrogen and oxygen atoms in total. The van der Waals surface area contributed by atoms with E-state index >= 15 is 0 Å². The van der Waals surface area contributed by atoms with Crippen LogP contribution in [-0.4, -0.2) is 64.3 Å². The third kappa shape index (κ3) is 6.18. The molecule has 1 aliphatic heterocycles. The standard InChI is InChI=1S/C15H30O6/c1-2-3-4-5-6-7-8-9-20-15-14(19)13(18)12(17)11(10-16)21-15/h11-19H,2-10H2,1H3/t11-,12+,13+,14+,15+/m0/s1. The lowest BCUT2D eigenvalue weighted by Gasteiger charge is -2.39. The van der Waals surface area contributed by atoms with Crippen LogP contribution in [0.4, 0.5) is 0 Å². The van der Waals surface area contributed by atoms with E-state index in [0.29, 0.717) is 6.61 Å². The summed E-state index contributed by atoms with van der Waals surface area (Å²) in [5.41, 5.74) is 0. The van der Waals surface area contributed by atoms with Gasteiger partial charge >= 0.3 is 0 Å². The van der Waals surface area contributed by atoms with Crippen LogP contribution in [0.15, 0.2) is 0 Å². The fraction of sp³-hybridized carbons (Fsp3) is 1.00. The predicted octanol–water partition coefficient (Wildman–Crippen LogP) is 0.553. The first-order valence-electron chi connectivity index (χ1n) is 8.04. The minimum atomic E-state index is -1.37. The molecular formula is C15H30O6. The minimum Gasteiger partial charge on any atom is -0.394 e. The maximum atomic E-state index is 9.78. The lowest BCUT2D eigenvalue weighted by Crippen LogP contribution is -2.59. The second-order valence-corrected chi connectivity index (χ2v) is 5.69. The zero-order valence-electron chi connectivity index (χ0n) is 12.9. The average molecular weight is 306 g/mol. The van der Waals surface area contributed by atoms with Gasteiger partial charge in [0.25, 0.3) is 0 Å². The Hall–Kier alpha value is -0.240. The molecule has 0 spiro atoms. The Labute approximate surface area is 126 Å². The number of hydrogen-bond acceptors (Lipinski definition) is 6. The van der Waals surface area contributed by atoms with Crippen LogP contribution in [0, 0.1) is 0 Å². The van der Waals surface area contributed by atoms with E-state index in [9.17, 15) is 15.3 Å². The van der Waals surface area contributed by atoms with Crippen LogP contribution in [0.1, 0.15) is 51.9 Å². The Morgan fingerprint density at radius 1 is 0.857 bits per heavy atom. The van der Waals surface area contributed by atoms with Crippen molar-refractivity contribution < 1.29 is 29.9 Å². The molecule has 0 bridgehead atoms. The third-order valence-electron chi connectivity index (χ3n) is 3.88. The molecule has 0 aromatic carbocycles. The molecule has 21 heavy (non-hydrogen) atoms. The highest BCUT2D eigenvalue weighted by atomic mass is 16.7. The molecule has 1 saturated heterocycles. The van der Waals surface area contributed by atoms with Gasteiger partial charge in [-0.1, -0.05) is 45.4 Å². The van der Waals surface area contributed by atoms with Crippen molar-refractivity contribution in [2.75, 3.05) is 13.2 Å². The maximum absolute atomic E-state index is 9.78. The monoisotopic (exact) mass is 306 g/mol. The van der Waals surface area contributed by atoms with Crippen molar-refractivity contribution in [1.29, 1.82) is 0 Å². The second kappa shape index (κ2) is 10.5. The molecular weight excluding hydrogens is 276 g/mol. The van der Waals surface area contributed by atoms with Crippen molar-refractivity contribution >= 4 is 0 Å². The molecule has 1 aliphatic rings. The largest absolute Gasteiger partial charge is 0.394 e. The first-order chi connectivity index (χ1) is 10.1. The van der Waals surface area contributed by atoms with Crippen molar-refractivity contribution in [2.24, 2.45) is 0 Å². The highest BCUT2D eigenvalue weighted by Crippen LogP contribution is 2.22. The second-order valence-electron chi connectivity index (χ2n) is 5.69. The van der Waals surface area contributed by atoms with Gasteiger partial charge in [-0.05, 0) is 6.42 Å². The van der Waals surface area contributed by atoms with Gasteiger partial charge in [0.1, 0.15) is 24.4 Å². The Balaban J connectivity index is 2.16. The zero-order chi connectivity index (χ0) is 15.7. The summed E-state index contributed by atoms with van der Waals surface area (Å²) in [4.78, 5) is 0. The number of aliphatic hydroxyl groups is 4. The summed E-state index contributed by atoms with van der Waals surface area (Å²) < 4.78 is 10.7. The number of ether oxygens (including phenoxy) is 2. The minimum absolute atomic E-state index is 0.427. The Bertz CT molecular complexity index is 261. The van der Waals surface area contributed by atoms with Gasteiger partial charge in [0.15, 0.2) is 6.29 Å². The van der Waals surface area contributed by atoms with Crippen LogP contribution >= 0.6 is 0 Å². The highest BCUT2D eigenvalue weighted by Gasteiger charge is 2.43. The van der Waals surface area contributed by atoms with E-state index in [1.807, 2.05) is 0 Å². The lowest BCUT2D eigenvalue weighted by atomic mass is 9.99. The summed E-state index contributed by atoms with van der Waals surface area (Å²) in [6, 6.07) is 0. The molecule has 4 N–H and O–H groups in total. The highest BCUT2D eigenvalue weighted by molar-refractivity contribution is 4.88. The average Bonchev–Trinajstić information content (AvgIpc) is 2.49. The van der Waals surface area contributed by atoms with Crippen LogP contribution in [0.25, 0.3) is 0 Å². The van der Waals surface area contributed by atoms with Gasteiger partial charge in [-0.3, -0.25) is 0 Å². The quantitative estimate of drug-likeness (QED) is 0.440. The van der Waals surface area contributed by atoms with Crippen molar-refractivity contribution in [1.82, 2.24) is 0 Å². The third-order valence-corrected chi connectivity index (χ3v) is 3.88. The van der Waals surface area contributed by atoms with Gasteiger partial charge in [0.05, 0.1) is 6.61 Å². The van der Waals surface area contributed by atoms with E-state index in [0.717, 1.165) is 19.3 Å². The lowest BCUT2D eigenvalue weighted by molar-refractivity contribution is -0.301. The van der Waals surface area contributed by atoms with E-state index in [1.165, 1.54) is 25.7 Å². The van der Waals surface area contributed by atoms with E-state index in [4.69, 9.17) is 14.6 Å². The molecule has 6 heteroatoms. The maximum Gasteiger partial charge on any atom is 0.186 e. The Kier molecular flexibility index (Phi) is 9.39. The van der Waals surface area contributed by atoms with E-state index < -0.39 is 37.3 Å². The van der Waals surface area contributed by atoms with Gasteiger partial charge < -0.3 is 29.9 Å². The molecule has 0 aromatic heterocycles. The predicted molar refractivity (Wildman–Crippen MR) is 77.7 cm³/mol. The van der Waals surface area contributed by atoms with Crippen molar-refractivity contribution in [3.63, 3.8) is 0 Å². The molecule has 0 radical (unpaired) electrons. The van der Waals surface area contributed by atoms with E-state index in [-0.39, 0.29) is 0 Å². The van der Waals surface area contributed by atoms with Gasteiger partial charge in [-0.25, -0.2) is 0 Å². The molecule has 0 unspecified atom stereocenters. The van der Waals surface area contributed by atoms with Crippen molar-refractivity contribution in [2.45, 2.75) is 82.6 Å². The summed E-state index contributed by atoms with van der Waals surface area (Å²) in [5.74, 6) is 0.